The molecular weight excluding hydrogens is 348 g/mol. The molecule has 0 aliphatic carbocycles. The highest BCUT2D eigenvalue weighted by Crippen LogP contribution is 2.17. The molecule has 0 saturated heterocycles. The molecule has 140 valence electrons. The Bertz CT molecular complexity index is 632. The van der Waals surface area contributed by atoms with Gasteiger partial charge < -0.3 is 26.8 Å². The number of amides is 2. The Morgan fingerprint density at radius 3 is 2.44 bits per heavy atom. The molecule has 1 unspecified atom stereocenters. The molecular formula is C15H25ClN6O3. The molecule has 25 heavy (non-hydrogen) atoms. The van der Waals surface area contributed by atoms with Crippen LogP contribution >= 0.6 is 11.6 Å². The van der Waals surface area contributed by atoms with Gasteiger partial charge in [0.2, 0.25) is 0 Å². The van der Waals surface area contributed by atoms with Crippen molar-refractivity contribution in [1.29, 1.82) is 0 Å². The van der Waals surface area contributed by atoms with Gasteiger partial charge in [-0.3, -0.25) is 4.79 Å². The zero-order valence-corrected chi connectivity index (χ0v) is 15.6. The van der Waals surface area contributed by atoms with Gasteiger partial charge in [-0.2, -0.15) is 0 Å². The van der Waals surface area contributed by atoms with Gasteiger partial charge in [0, 0.05) is 12.6 Å². The monoisotopic (exact) mass is 372 g/mol. The third kappa shape index (κ3) is 7.00. The lowest BCUT2D eigenvalue weighted by Gasteiger charge is -2.23. The summed E-state index contributed by atoms with van der Waals surface area (Å²) in [4.78, 5) is 31.7. The number of nitrogens with zero attached hydrogens (tertiary/aromatic N) is 2. The normalized spacial score (nSPS) is 12.4. The number of carbonyl (C=O) groups is 2. The van der Waals surface area contributed by atoms with E-state index in [0.717, 1.165) is 6.42 Å². The SMILES string of the molecule is CCCC(CNC(=O)c1nc(Cl)c(N)nc1N)NC(=O)OC(C)(C)C. The number of ether oxygens (including phenoxy) is 1. The number of alkyl carbamates (subject to hydrolysis) is 1. The number of nitrogens with two attached hydrogens (primary N) is 2. The van der Waals surface area contributed by atoms with Crippen LogP contribution in [0.5, 0.6) is 0 Å². The second-order valence-corrected chi connectivity index (χ2v) is 6.83. The van der Waals surface area contributed by atoms with Crippen molar-refractivity contribution in [1.82, 2.24) is 20.6 Å². The van der Waals surface area contributed by atoms with E-state index in [1.54, 1.807) is 20.8 Å². The minimum absolute atomic E-state index is 0.0498. The first kappa shape index (κ1) is 20.8. The maximum absolute atomic E-state index is 12.2. The first-order valence-electron chi connectivity index (χ1n) is 7.89. The molecule has 10 heteroatoms. The zero-order chi connectivity index (χ0) is 19.2. The molecule has 1 heterocycles. The molecule has 0 radical (unpaired) electrons. The highest BCUT2D eigenvalue weighted by molar-refractivity contribution is 6.31. The Hall–Kier alpha value is -2.29. The van der Waals surface area contributed by atoms with Crippen LogP contribution in [0.15, 0.2) is 0 Å². The fourth-order valence-electron chi connectivity index (χ4n) is 1.96. The van der Waals surface area contributed by atoms with E-state index in [0.29, 0.717) is 6.42 Å². The van der Waals surface area contributed by atoms with Crippen molar-refractivity contribution in [3.8, 4) is 0 Å². The predicted octanol–water partition coefficient (Wildman–Crippen LogP) is 1.72. The van der Waals surface area contributed by atoms with Crippen molar-refractivity contribution in [2.24, 2.45) is 0 Å². The largest absolute Gasteiger partial charge is 0.444 e. The van der Waals surface area contributed by atoms with Crippen LogP contribution in [0.4, 0.5) is 16.4 Å². The molecule has 0 fully saturated rings. The molecule has 9 nitrogen and oxygen atoms in total. The molecule has 0 aliphatic rings. The van der Waals surface area contributed by atoms with E-state index < -0.39 is 17.6 Å². The third-order valence-electron chi connectivity index (χ3n) is 2.99. The molecule has 1 aromatic heterocycles. The molecule has 0 bridgehead atoms. The summed E-state index contributed by atoms with van der Waals surface area (Å²) in [5.41, 5.74) is 10.4. The Labute approximate surface area is 151 Å². The van der Waals surface area contributed by atoms with Crippen molar-refractivity contribution < 1.29 is 14.3 Å². The second kappa shape index (κ2) is 8.70. The number of carbonyl (C=O) groups excluding carboxylic acids is 2. The smallest absolute Gasteiger partial charge is 0.407 e. The number of hydrogen-bond acceptors (Lipinski definition) is 7. The first-order chi connectivity index (χ1) is 11.5. The maximum atomic E-state index is 12.2. The fourth-order valence-corrected chi connectivity index (χ4v) is 2.08. The molecule has 1 aromatic rings. The average Bonchev–Trinajstić information content (AvgIpc) is 2.46. The summed E-state index contributed by atoms with van der Waals surface area (Å²) in [5, 5.41) is 5.27. The van der Waals surface area contributed by atoms with Crippen LogP contribution in [-0.2, 0) is 4.74 Å². The highest BCUT2D eigenvalue weighted by atomic mass is 35.5. The quantitative estimate of drug-likeness (QED) is 0.594. The summed E-state index contributed by atoms with van der Waals surface area (Å²) in [7, 11) is 0. The molecule has 0 aromatic carbocycles. The van der Waals surface area contributed by atoms with Crippen molar-refractivity contribution in [3.05, 3.63) is 10.8 Å². The van der Waals surface area contributed by atoms with E-state index >= 15 is 0 Å². The van der Waals surface area contributed by atoms with Crippen molar-refractivity contribution >= 4 is 35.2 Å². The number of rotatable bonds is 6. The number of aromatic nitrogens is 2. The van der Waals surface area contributed by atoms with Gasteiger partial charge in [-0.15, -0.1) is 0 Å². The van der Waals surface area contributed by atoms with E-state index in [1.165, 1.54) is 0 Å². The minimum atomic E-state index is -0.602. The zero-order valence-electron chi connectivity index (χ0n) is 14.9. The van der Waals surface area contributed by atoms with E-state index in [4.69, 9.17) is 27.8 Å². The van der Waals surface area contributed by atoms with Crippen LogP contribution in [0.25, 0.3) is 0 Å². The Morgan fingerprint density at radius 2 is 1.88 bits per heavy atom. The molecule has 0 saturated carbocycles. The van der Waals surface area contributed by atoms with Gasteiger partial charge >= 0.3 is 6.09 Å². The van der Waals surface area contributed by atoms with Crippen LogP contribution in [0.3, 0.4) is 0 Å². The fraction of sp³-hybridized carbons (Fsp3) is 0.600. The lowest BCUT2D eigenvalue weighted by molar-refractivity contribution is 0.0499. The summed E-state index contributed by atoms with van der Waals surface area (Å²) in [6, 6.07) is -0.303. The number of nitrogens with one attached hydrogen (secondary N) is 2. The summed E-state index contributed by atoms with van der Waals surface area (Å²) in [6.45, 7) is 7.46. The van der Waals surface area contributed by atoms with Crippen LogP contribution < -0.4 is 22.1 Å². The van der Waals surface area contributed by atoms with Gasteiger partial charge in [-0.05, 0) is 27.2 Å². The summed E-state index contributed by atoms with van der Waals surface area (Å²) in [5.74, 6) is -0.725. The lowest BCUT2D eigenvalue weighted by atomic mass is 10.1. The topological polar surface area (TPSA) is 145 Å². The maximum Gasteiger partial charge on any atom is 0.407 e. The van der Waals surface area contributed by atoms with E-state index in [-0.39, 0.29) is 35.1 Å². The summed E-state index contributed by atoms with van der Waals surface area (Å²) in [6.07, 6.45) is 0.921. The van der Waals surface area contributed by atoms with Crippen LogP contribution in [-0.4, -0.2) is 40.2 Å². The van der Waals surface area contributed by atoms with Gasteiger partial charge in [0.15, 0.2) is 22.5 Å². The second-order valence-electron chi connectivity index (χ2n) is 6.48. The molecule has 1 rings (SSSR count). The van der Waals surface area contributed by atoms with Gasteiger partial charge in [0.1, 0.15) is 5.60 Å². The number of halogens is 1. The molecule has 0 aliphatic heterocycles. The molecule has 6 N–H and O–H groups in total. The summed E-state index contributed by atoms with van der Waals surface area (Å²) >= 11 is 5.76. The van der Waals surface area contributed by atoms with Crippen molar-refractivity contribution in [3.63, 3.8) is 0 Å². The predicted molar refractivity (Wildman–Crippen MR) is 96.3 cm³/mol. The van der Waals surface area contributed by atoms with Gasteiger partial charge in [0.05, 0.1) is 0 Å². The molecule has 0 spiro atoms. The van der Waals surface area contributed by atoms with Crippen molar-refractivity contribution in [2.45, 2.75) is 52.2 Å². The van der Waals surface area contributed by atoms with Gasteiger partial charge in [0.25, 0.3) is 5.91 Å². The molecule has 1 atom stereocenters. The van der Waals surface area contributed by atoms with Crippen molar-refractivity contribution in [2.75, 3.05) is 18.0 Å². The number of anilines is 2. The average molecular weight is 373 g/mol. The summed E-state index contributed by atoms with van der Waals surface area (Å²) < 4.78 is 5.22. The highest BCUT2D eigenvalue weighted by Gasteiger charge is 2.21. The van der Waals surface area contributed by atoms with E-state index in [9.17, 15) is 9.59 Å². The van der Waals surface area contributed by atoms with Crippen LogP contribution in [0.2, 0.25) is 5.15 Å². The molecule has 2 amide bonds. The first-order valence-corrected chi connectivity index (χ1v) is 8.27. The lowest BCUT2D eigenvalue weighted by Crippen LogP contribution is -2.45. The van der Waals surface area contributed by atoms with E-state index in [2.05, 4.69) is 20.6 Å². The standard InChI is InChI=1S/C15H25ClN6O3/c1-5-6-8(20-14(24)25-15(2,3)4)7-19-13(23)9-11(17)22-12(18)10(16)21-9/h8H,5-7H2,1-4H3,(H,19,23)(H,20,24)(H4,17,18,22). The Balaban J connectivity index is 2.69. The van der Waals surface area contributed by atoms with Crippen LogP contribution in [0, 0.1) is 0 Å². The Kier molecular flexibility index (Phi) is 7.22. The minimum Gasteiger partial charge on any atom is -0.444 e. The number of hydrogen-bond donors (Lipinski definition) is 4. The third-order valence-corrected chi connectivity index (χ3v) is 3.27. The Morgan fingerprint density at radius 1 is 1.24 bits per heavy atom. The van der Waals surface area contributed by atoms with Crippen LogP contribution in [0.1, 0.15) is 51.0 Å². The van der Waals surface area contributed by atoms with Gasteiger partial charge in [-0.1, -0.05) is 24.9 Å². The van der Waals surface area contributed by atoms with Gasteiger partial charge in [-0.25, -0.2) is 14.8 Å². The van der Waals surface area contributed by atoms with E-state index in [1.807, 2.05) is 6.92 Å². The number of nitrogen functional groups attached to an aromatic ring is 2.